The van der Waals surface area contributed by atoms with Gasteiger partial charge in [0.2, 0.25) is 0 Å². The van der Waals surface area contributed by atoms with Crippen LogP contribution in [0.15, 0.2) is 57.9 Å². The molecule has 22 heavy (non-hydrogen) atoms. The average molecular weight is 316 g/mol. The molecule has 2 heteroatoms. The summed E-state index contributed by atoms with van der Waals surface area (Å²) < 4.78 is 0. The van der Waals surface area contributed by atoms with E-state index in [-0.39, 0.29) is 0 Å². The maximum Gasteiger partial charge on any atom is 0.0373 e. The molecule has 0 aromatic heterocycles. The van der Waals surface area contributed by atoms with Crippen LogP contribution in [-0.4, -0.2) is 5.37 Å². The van der Waals surface area contributed by atoms with Gasteiger partial charge in [0.15, 0.2) is 0 Å². The molecule has 1 aliphatic rings. The molecule has 0 radical (unpaired) electrons. The van der Waals surface area contributed by atoms with Gasteiger partial charge >= 0.3 is 0 Å². The molecule has 0 saturated heterocycles. The number of rotatable bonds is 6. The van der Waals surface area contributed by atoms with Gasteiger partial charge < -0.3 is 5.73 Å². The topological polar surface area (TPSA) is 26.0 Å². The molecule has 0 bridgehead atoms. The summed E-state index contributed by atoms with van der Waals surface area (Å²) in [7, 11) is 0. The lowest BCUT2D eigenvalue weighted by atomic mass is 9.88. The van der Waals surface area contributed by atoms with E-state index < -0.39 is 0 Å². The van der Waals surface area contributed by atoms with E-state index in [1.165, 1.54) is 48.0 Å². The van der Waals surface area contributed by atoms with Gasteiger partial charge in [-0.05, 0) is 88.2 Å². The lowest BCUT2D eigenvalue weighted by Crippen LogP contribution is -2.06. The van der Waals surface area contributed by atoms with Crippen LogP contribution in [0.1, 0.15) is 59.8 Å². The van der Waals surface area contributed by atoms with Crippen LogP contribution in [0.5, 0.6) is 0 Å². The minimum absolute atomic E-state index is 0.820. The van der Waals surface area contributed by atoms with E-state index in [2.05, 4.69) is 40.3 Å². The molecule has 0 aromatic rings. The Morgan fingerprint density at radius 1 is 1.18 bits per heavy atom. The lowest BCUT2D eigenvalue weighted by molar-refractivity contribution is 0.659. The first-order chi connectivity index (χ1) is 10.4. The highest BCUT2D eigenvalue weighted by atomic mass is 32.1. The van der Waals surface area contributed by atoms with Crippen LogP contribution in [0.2, 0.25) is 0 Å². The third-order valence-corrected chi connectivity index (χ3v) is 4.63. The molecular weight excluding hydrogens is 286 g/mol. The molecule has 0 amide bonds. The summed E-state index contributed by atoms with van der Waals surface area (Å²) >= 11 is 4.87. The summed E-state index contributed by atoms with van der Waals surface area (Å²) in [5, 5.41) is 1.65. The molecule has 1 nitrogen and oxygen atoms in total. The predicted molar refractivity (Wildman–Crippen MR) is 103 cm³/mol. The van der Waals surface area contributed by atoms with E-state index in [1.807, 2.05) is 6.08 Å². The molecule has 0 aromatic carbocycles. The number of allylic oxidation sites excluding steroid dienone is 8. The molecule has 0 aliphatic heterocycles. The van der Waals surface area contributed by atoms with Crippen molar-refractivity contribution in [3.8, 4) is 0 Å². The standard InChI is InChI=1S/C20H29NS/c1-14(10-11-22)16(3)12-17(4)20(21)18(5)13-19-9-7-6-8-15(19)2/h10-12H,5-9,13,21H2,1-4H3. The first-order valence-electron chi connectivity index (χ1n) is 7.99. The molecule has 0 unspecified atom stereocenters. The summed E-state index contributed by atoms with van der Waals surface area (Å²) in [4.78, 5) is 0. The Morgan fingerprint density at radius 2 is 1.82 bits per heavy atom. The van der Waals surface area contributed by atoms with Crippen LogP contribution in [0.4, 0.5) is 0 Å². The molecule has 0 saturated carbocycles. The SMILES string of the molecule is C=C(CC1=C(C)CCCC1)C(N)=C(C)C=C(C)C(C)=CC=S. The predicted octanol–water partition coefficient (Wildman–Crippen LogP) is 5.95. The fraction of sp³-hybridized carbons (Fsp3) is 0.450. The smallest absolute Gasteiger partial charge is 0.0373 e. The zero-order valence-corrected chi connectivity index (χ0v) is 15.3. The van der Waals surface area contributed by atoms with Crippen LogP contribution in [0, 0.1) is 0 Å². The second-order valence-electron chi connectivity index (χ2n) is 6.28. The minimum atomic E-state index is 0.820. The summed E-state index contributed by atoms with van der Waals surface area (Å²) in [6.45, 7) is 12.6. The summed E-state index contributed by atoms with van der Waals surface area (Å²) in [5.74, 6) is 0. The van der Waals surface area contributed by atoms with E-state index in [0.717, 1.165) is 23.3 Å². The molecule has 1 rings (SSSR count). The molecule has 120 valence electrons. The minimum Gasteiger partial charge on any atom is -0.398 e. The second kappa shape index (κ2) is 8.89. The van der Waals surface area contributed by atoms with Gasteiger partial charge in [-0.15, -0.1) is 0 Å². The molecule has 0 atom stereocenters. The first kappa shape index (κ1) is 18.6. The van der Waals surface area contributed by atoms with E-state index in [9.17, 15) is 0 Å². The van der Waals surface area contributed by atoms with E-state index in [0.29, 0.717) is 0 Å². The van der Waals surface area contributed by atoms with Crippen LogP contribution < -0.4 is 5.73 Å². The van der Waals surface area contributed by atoms with E-state index in [4.69, 9.17) is 18.0 Å². The molecular formula is C20H29NS. The van der Waals surface area contributed by atoms with Crippen molar-refractivity contribution in [3.63, 3.8) is 0 Å². The van der Waals surface area contributed by atoms with Gasteiger partial charge in [0.1, 0.15) is 0 Å². The van der Waals surface area contributed by atoms with E-state index >= 15 is 0 Å². The fourth-order valence-corrected chi connectivity index (χ4v) is 2.94. The van der Waals surface area contributed by atoms with Crippen molar-refractivity contribution < 1.29 is 0 Å². The molecule has 0 fully saturated rings. The largest absolute Gasteiger partial charge is 0.398 e. The zero-order chi connectivity index (χ0) is 16.7. The maximum atomic E-state index is 6.31. The van der Waals surface area contributed by atoms with Crippen molar-refractivity contribution in [1.82, 2.24) is 0 Å². The summed E-state index contributed by atoms with van der Waals surface area (Å²) in [6, 6.07) is 0. The Bertz CT molecular complexity index is 571. The molecule has 2 N–H and O–H groups in total. The molecule has 1 aliphatic carbocycles. The normalized spacial score (nSPS) is 18.2. The van der Waals surface area contributed by atoms with Crippen molar-refractivity contribution >= 4 is 17.6 Å². The molecule has 0 heterocycles. The van der Waals surface area contributed by atoms with Crippen LogP contribution in [0.25, 0.3) is 0 Å². The van der Waals surface area contributed by atoms with Gasteiger partial charge in [-0.2, -0.15) is 0 Å². The number of hydrogen-bond donors (Lipinski definition) is 1. The average Bonchev–Trinajstić information content (AvgIpc) is 2.48. The zero-order valence-electron chi connectivity index (χ0n) is 14.5. The Balaban J connectivity index is 2.90. The number of nitrogens with two attached hydrogens (primary N) is 1. The fourth-order valence-electron chi connectivity index (χ4n) is 2.74. The summed E-state index contributed by atoms with van der Waals surface area (Å²) in [5.41, 5.74) is 14.7. The highest BCUT2D eigenvalue weighted by molar-refractivity contribution is 7.79. The second-order valence-corrected chi connectivity index (χ2v) is 6.55. The Kier molecular flexibility index (Phi) is 7.53. The monoisotopic (exact) mass is 315 g/mol. The number of thiocarbonyl (C=S) groups is 1. The first-order valence-corrected chi connectivity index (χ1v) is 8.46. The van der Waals surface area contributed by atoms with E-state index in [1.54, 1.807) is 5.37 Å². The maximum absolute atomic E-state index is 6.31. The van der Waals surface area contributed by atoms with Crippen LogP contribution in [-0.2, 0) is 0 Å². The third-order valence-electron chi connectivity index (χ3n) is 4.49. The highest BCUT2D eigenvalue weighted by Gasteiger charge is 2.12. The van der Waals surface area contributed by atoms with Gasteiger partial charge in [0.25, 0.3) is 0 Å². The Hall–Kier alpha value is -1.41. The van der Waals surface area contributed by atoms with Crippen molar-refractivity contribution in [2.45, 2.75) is 59.8 Å². The van der Waals surface area contributed by atoms with Gasteiger partial charge in [0.05, 0.1) is 0 Å². The Morgan fingerprint density at radius 3 is 2.41 bits per heavy atom. The molecule has 0 spiro atoms. The van der Waals surface area contributed by atoms with Gasteiger partial charge in [-0.25, -0.2) is 0 Å². The van der Waals surface area contributed by atoms with Gasteiger partial charge in [-0.1, -0.05) is 36.0 Å². The van der Waals surface area contributed by atoms with Crippen LogP contribution in [0.3, 0.4) is 0 Å². The quantitative estimate of drug-likeness (QED) is 0.284. The van der Waals surface area contributed by atoms with Crippen molar-refractivity contribution in [2.24, 2.45) is 5.73 Å². The van der Waals surface area contributed by atoms with Crippen LogP contribution >= 0.6 is 12.2 Å². The van der Waals surface area contributed by atoms with Gasteiger partial charge in [-0.3, -0.25) is 0 Å². The van der Waals surface area contributed by atoms with Crippen molar-refractivity contribution in [3.05, 3.63) is 57.9 Å². The highest BCUT2D eigenvalue weighted by Crippen LogP contribution is 2.30. The summed E-state index contributed by atoms with van der Waals surface area (Å²) in [6.07, 6.45) is 10.0. The van der Waals surface area contributed by atoms with Gasteiger partial charge in [0, 0.05) is 11.1 Å². The van der Waals surface area contributed by atoms with Crippen molar-refractivity contribution in [2.75, 3.05) is 0 Å². The van der Waals surface area contributed by atoms with Crippen molar-refractivity contribution in [1.29, 1.82) is 0 Å². The Labute approximate surface area is 141 Å². The third kappa shape index (κ3) is 5.42. The lowest BCUT2D eigenvalue weighted by Gasteiger charge is -2.19. The number of hydrogen-bond acceptors (Lipinski definition) is 2.